The number of primary amides is 1. The molecule has 0 aromatic carbocycles. The van der Waals surface area contributed by atoms with Gasteiger partial charge in [-0.05, 0) is 6.92 Å². The summed E-state index contributed by atoms with van der Waals surface area (Å²) < 4.78 is 5.15. The van der Waals surface area contributed by atoms with E-state index in [0.717, 1.165) is 0 Å². The first kappa shape index (κ1) is 11.2. The molecule has 3 N–H and O–H groups in total. The van der Waals surface area contributed by atoms with Gasteiger partial charge in [0.05, 0.1) is 6.42 Å². The fraction of sp³-hybridized carbons (Fsp3) is 0.333. The molecular weight excluding hydrogens is 198 g/mol. The Morgan fingerprint density at radius 2 is 2.27 bits per heavy atom. The number of nitrogens with zero attached hydrogens (tertiary/aromatic N) is 1. The van der Waals surface area contributed by atoms with Crippen LogP contribution in [-0.4, -0.2) is 23.8 Å². The number of hydrogen-bond acceptors (Lipinski definition) is 4. The van der Waals surface area contributed by atoms with Crippen LogP contribution in [0.5, 0.6) is 0 Å². The maximum Gasteiger partial charge on any atom is 0.273 e. The Labute approximate surface area is 86.8 Å². The van der Waals surface area contributed by atoms with Gasteiger partial charge in [-0.1, -0.05) is 0 Å². The van der Waals surface area contributed by atoms with Gasteiger partial charge in [0.2, 0.25) is 5.91 Å². The zero-order chi connectivity index (χ0) is 11.4. The first-order chi connectivity index (χ1) is 7.04. The number of oxazole rings is 1. The van der Waals surface area contributed by atoms with Crippen molar-refractivity contribution in [3.05, 3.63) is 23.8 Å². The van der Waals surface area contributed by atoms with Crippen molar-refractivity contribution in [1.82, 2.24) is 10.3 Å². The van der Waals surface area contributed by atoms with Gasteiger partial charge in [-0.3, -0.25) is 9.59 Å². The van der Waals surface area contributed by atoms with E-state index in [1.165, 1.54) is 13.5 Å². The molecule has 1 rings (SSSR count). The first-order valence-electron chi connectivity index (χ1n) is 4.35. The Morgan fingerprint density at radius 1 is 1.60 bits per heavy atom. The van der Waals surface area contributed by atoms with Crippen LogP contribution in [0.1, 0.15) is 28.6 Å². The summed E-state index contributed by atoms with van der Waals surface area (Å²) in [4.78, 5) is 25.7. The van der Waals surface area contributed by atoms with E-state index >= 15 is 0 Å². The number of nitrogens with two attached hydrogens (primary N) is 1. The van der Waals surface area contributed by atoms with E-state index in [2.05, 4.69) is 10.3 Å². The molecule has 0 fully saturated rings. The Morgan fingerprint density at radius 3 is 2.80 bits per heavy atom. The molecule has 0 saturated carbocycles. The summed E-state index contributed by atoms with van der Waals surface area (Å²) in [5, 5.41) is 2.43. The molecule has 0 unspecified atom stereocenters. The summed E-state index contributed by atoms with van der Waals surface area (Å²) in [6.07, 6.45) is 1.47. The van der Waals surface area contributed by atoms with Crippen LogP contribution in [-0.2, 0) is 4.79 Å². The number of carbonyl (C=O) groups excluding carboxylic acids is 2. The molecule has 0 atom stereocenters. The van der Waals surface area contributed by atoms with E-state index in [1.807, 2.05) is 0 Å². The van der Waals surface area contributed by atoms with Crippen LogP contribution in [0.2, 0.25) is 0 Å². The van der Waals surface area contributed by atoms with Crippen LogP contribution >= 0.6 is 0 Å². The first-order valence-corrected chi connectivity index (χ1v) is 4.35. The Hall–Kier alpha value is -1.85. The van der Waals surface area contributed by atoms with E-state index in [0.29, 0.717) is 5.76 Å². The van der Waals surface area contributed by atoms with Crippen molar-refractivity contribution >= 4 is 11.8 Å². The summed E-state index contributed by atoms with van der Waals surface area (Å²) in [6, 6.07) is 0. The highest BCUT2D eigenvalue weighted by atomic mass is 16.4. The molecule has 81 valence electrons. The zero-order valence-electron chi connectivity index (χ0n) is 8.53. The summed E-state index contributed by atoms with van der Waals surface area (Å²) in [7, 11) is 1.50. The standard InChI is InChI=1S/C9H12N3O3/c1-5-8(9(14)11-2)12-7(15-5)4-3-6(10)13/h4H,3H2,1-2H3,(H2,10,13)(H,11,14). The average Bonchev–Trinajstić information content (AvgIpc) is 2.55. The van der Waals surface area contributed by atoms with Gasteiger partial charge in [-0.2, -0.15) is 0 Å². The molecule has 1 aromatic rings. The van der Waals surface area contributed by atoms with E-state index in [-0.39, 0.29) is 23.9 Å². The highest BCUT2D eigenvalue weighted by molar-refractivity contribution is 5.92. The Balaban J connectivity index is 2.76. The molecule has 6 heteroatoms. The van der Waals surface area contributed by atoms with E-state index < -0.39 is 5.91 Å². The predicted molar refractivity (Wildman–Crippen MR) is 51.8 cm³/mol. The zero-order valence-corrected chi connectivity index (χ0v) is 8.53. The van der Waals surface area contributed by atoms with E-state index in [4.69, 9.17) is 10.2 Å². The van der Waals surface area contributed by atoms with Crippen LogP contribution < -0.4 is 11.1 Å². The Kier molecular flexibility index (Phi) is 3.43. The lowest BCUT2D eigenvalue weighted by Crippen LogP contribution is -2.19. The van der Waals surface area contributed by atoms with Gasteiger partial charge in [0.25, 0.3) is 5.91 Å². The molecule has 1 radical (unpaired) electrons. The van der Waals surface area contributed by atoms with Gasteiger partial charge >= 0.3 is 0 Å². The summed E-state index contributed by atoms with van der Waals surface area (Å²) in [6.45, 7) is 1.62. The normalized spacial score (nSPS) is 10.0. The third kappa shape index (κ3) is 2.80. The van der Waals surface area contributed by atoms with Gasteiger partial charge in [-0.15, -0.1) is 0 Å². The second-order valence-corrected chi connectivity index (χ2v) is 2.91. The minimum absolute atomic E-state index is 0.0349. The van der Waals surface area contributed by atoms with Gasteiger partial charge in [0, 0.05) is 13.5 Å². The molecule has 0 aliphatic carbocycles. The van der Waals surface area contributed by atoms with E-state index in [1.54, 1.807) is 6.92 Å². The van der Waals surface area contributed by atoms with Crippen LogP contribution in [0.4, 0.5) is 0 Å². The Bertz CT molecular complexity index is 384. The quantitative estimate of drug-likeness (QED) is 0.717. The fourth-order valence-electron chi connectivity index (χ4n) is 1.02. The number of aromatic nitrogens is 1. The SMILES string of the molecule is CNC(=O)c1nc([CH]CC(N)=O)oc1C. The van der Waals surface area contributed by atoms with Gasteiger partial charge in [-0.25, -0.2) is 4.98 Å². The van der Waals surface area contributed by atoms with Crippen molar-refractivity contribution < 1.29 is 14.0 Å². The summed E-state index contributed by atoms with van der Waals surface area (Å²) >= 11 is 0. The monoisotopic (exact) mass is 210 g/mol. The van der Waals surface area contributed by atoms with Crippen LogP contribution in [0.15, 0.2) is 4.42 Å². The molecule has 1 heterocycles. The number of hydrogen-bond donors (Lipinski definition) is 2. The number of aryl methyl sites for hydroxylation is 1. The van der Waals surface area contributed by atoms with Crippen molar-refractivity contribution in [3.63, 3.8) is 0 Å². The number of carbonyl (C=O) groups is 2. The van der Waals surface area contributed by atoms with Crippen molar-refractivity contribution in [3.8, 4) is 0 Å². The van der Waals surface area contributed by atoms with Crippen molar-refractivity contribution in [2.45, 2.75) is 13.3 Å². The molecule has 0 aliphatic heterocycles. The molecular formula is C9H12N3O3. The lowest BCUT2D eigenvalue weighted by Gasteiger charge is -1.92. The number of nitrogens with one attached hydrogen (secondary N) is 1. The molecule has 2 amide bonds. The van der Waals surface area contributed by atoms with Crippen LogP contribution in [0.3, 0.4) is 0 Å². The van der Waals surface area contributed by atoms with Crippen molar-refractivity contribution in [2.24, 2.45) is 5.73 Å². The predicted octanol–water partition coefficient (Wildman–Crippen LogP) is -0.230. The molecule has 6 nitrogen and oxygen atoms in total. The largest absolute Gasteiger partial charge is 0.445 e. The van der Waals surface area contributed by atoms with Gasteiger partial charge in [0.15, 0.2) is 11.6 Å². The third-order valence-electron chi connectivity index (χ3n) is 1.73. The van der Waals surface area contributed by atoms with Crippen molar-refractivity contribution in [1.29, 1.82) is 0 Å². The smallest absolute Gasteiger partial charge is 0.273 e. The highest BCUT2D eigenvalue weighted by Crippen LogP contribution is 2.12. The average molecular weight is 210 g/mol. The minimum Gasteiger partial charge on any atom is -0.445 e. The second-order valence-electron chi connectivity index (χ2n) is 2.91. The minimum atomic E-state index is -0.479. The maximum absolute atomic E-state index is 11.2. The number of amides is 2. The topological polar surface area (TPSA) is 98.2 Å². The van der Waals surface area contributed by atoms with Crippen LogP contribution in [0, 0.1) is 13.3 Å². The van der Waals surface area contributed by atoms with Crippen LogP contribution in [0.25, 0.3) is 0 Å². The molecule has 0 aliphatic rings. The number of rotatable bonds is 4. The summed E-state index contributed by atoms with van der Waals surface area (Å²) in [5.41, 5.74) is 5.17. The maximum atomic E-state index is 11.2. The van der Waals surface area contributed by atoms with Gasteiger partial charge < -0.3 is 15.5 Å². The molecule has 0 bridgehead atoms. The van der Waals surface area contributed by atoms with Crippen molar-refractivity contribution in [2.75, 3.05) is 7.05 Å². The molecule has 0 spiro atoms. The van der Waals surface area contributed by atoms with E-state index in [9.17, 15) is 9.59 Å². The molecule has 15 heavy (non-hydrogen) atoms. The van der Waals surface area contributed by atoms with Gasteiger partial charge in [0.1, 0.15) is 5.76 Å². The molecule has 0 saturated heterocycles. The highest BCUT2D eigenvalue weighted by Gasteiger charge is 2.15. The summed E-state index contributed by atoms with van der Waals surface area (Å²) in [5.74, 6) is -0.169. The lowest BCUT2D eigenvalue weighted by molar-refractivity contribution is -0.117. The third-order valence-corrected chi connectivity index (χ3v) is 1.73. The molecule has 1 aromatic heterocycles. The second kappa shape index (κ2) is 4.59. The fourth-order valence-corrected chi connectivity index (χ4v) is 1.02. The lowest BCUT2D eigenvalue weighted by atomic mass is 10.3.